The van der Waals surface area contributed by atoms with Gasteiger partial charge in [0.1, 0.15) is 5.69 Å². The molecule has 1 aliphatic heterocycles. The molecular weight excluding hydrogens is 412 g/mol. The lowest BCUT2D eigenvalue weighted by atomic mass is 9.82. The number of amides is 1. The molecule has 1 atom stereocenters. The normalized spacial score (nSPS) is 17.8. The van der Waals surface area contributed by atoms with E-state index >= 15 is 0 Å². The summed E-state index contributed by atoms with van der Waals surface area (Å²) in [5, 5.41) is 0. The van der Waals surface area contributed by atoms with Gasteiger partial charge in [0.25, 0.3) is 12.3 Å². The average Bonchev–Trinajstić information content (AvgIpc) is 3.04. The number of halogens is 2. The number of carbonyl (C=O) groups excluding carboxylic acids is 1. The molecule has 1 unspecified atom stereocenters. The summed E-state index contributed by atoms with van der Waals surface area (Å²) >= 11 is 0. The number of alkyl halides is 2. The molecule has 6 nitrogen and oxygen atoms in total. The van der Waals surface area contributed by atoms with Crippen molar-refractivity contribution in [1.82, 2.24) is 14.9 Å². The molecule has 1 amide bonds. The van der Waals surface area contributed by atoms with Gasteiger partial charge >= 0.3 is 0 Å². The molecule has 1 aromatic carbocycles. The van der Waals surface area contributed by atoms with E-state index in [9.17, 15) is 13.6 Å². The Kier molecular flexibility index (Phi) is 5.41. The van der Waals surface area contributed by atoms with E-state index in [1.54, 1.807) is 37.5 Å². The Morgan fingerprint density at radius 2 is 1.88 bits per heavy atom. The lowest BCUT2D eigenvalue weighted by molar-refractivity contribution is -0.129. The molecule has 2 aromatic heterocycles. The zero-order chi connectivity index (χ0) is 22.9. The molecule has 0 fully saturated rings. The summed E-state index contributed by atoms with van der Waals surface area (Å²) in [6, 6.07) is 11.7. The fourth-order valence-corrected chi connectivity index (χ4v) is 3.71. The van der Waals surface area contributed by atoms with Crippen molar-refractivity contribution in [2.75, 3.05) is 7.05 Å². The van der Waals surface area contributed by atoms with Crippen LogP contribution in [0, 0.1) is 11.8 Å². The smallest absolute Gasteiger partial charge is 0.280 e. The van der Waals surface area contributed by atoms with Gasteiger partial charge in [0.2, 0.25) is 0 Å². The Balaban J connectivity index is 1.92. The number of rotatable bonds is 4. The van der Waals surface area contributed by atoms with Crippen LogP contribution in [0.25, 0.3) is 11.1 Å². The van der Waals surface area contributed by atoms with Crippen molar-refractivity contribution in [1.29, 1.82) is 0 Å². The summed E-state index contributed by atoms with van der Waals surface area (Å²) < 4.78 is 26.7. The second kappa shape index (κ2) is 8.19. The fraction of sp³-hybridized carbons (Fsp3) is 0.167. The van der Waals surface area contributed by atoms with Gasteiger partial charge in [0.15, 0.2) is 11.5 Å². The third-order valence-corrected chi connectivity index (χ3v) is 5.28. The first-order valence-electron chi connectivity index (χ1n) is 9.73. The molecule has 32 heavy (non-hydrogen) atoms. The molecule has 3 aromatic rings. The Hall–Kier alpha value is -4.12. The van der Waals surface area contributed by atoms with E-state index in [4.69, 9.17) is 5.73 Å². The van der Waals surface area contributed by atoms with Gasteiger partial charge in [-0.3, -0.25) is 19.7 Å². The second-order valence-electron chi connectivity index (χ2n) is 7.23. The SMILES string of the molecule is CC#Cc1cncc(-c2cccc(C3(c4ccnc(C(F)F)c4)N=C(N)N(C)C3=O)c2)c1. The van der Waals surface area contributed by atoms with E-state index in [0.29, 0.717) is 5.56 Å². The van der Waals surface area contributed by atoms with Crippen LogP contribution < -0.4 is 5.73 Å². The Bertz CT molecular complexity index is 1290. The van der Waals surface area contributed by atoms with Crippen LogP contribution in [0.4, 0.5) is 8.78 Å². The molecule has 0 spiro atoms. The summed E-state index contributed by atoms with van der Waals surface area (Å²) in [6.07, 6.45) is 1.81. The first-order valence-corrected chi connectivity index (χ1v) is 9.73. The highest BCUT2D eigenvalue weighted by Crippen LogP contribution is 2.41. The number of benzene rings is 1. The van der Waals surface area contributed by atoms with Gasteiger partial charge in [-0.2, -0.15) is 0 Å². The standard InChI is InChI=1S/C24H19F2N5O/c1-3-5-15-10-17(14-28-13-15)16-6-4-7-18(11-16)24(22(32)31(2)23(27)30-24)19-8-9-29-20(12-19)21(25)26/h4,6-14,21H,1-2H3,(H2,27,30). The largest absolute Gasteiger partial charge is 0.369 e. The second-order valence-corrected chi connectivity index (χ2v) is 7.23. The number of hydrogen-bond acceptors (Lipinski definition) is 5. The molecular formula is C24H19F2N5O. The van der Waals surface area contributed by atoms with Crippen molar-refractivity contribution in [3.8, 4) is 23.0 Å². The van der Waals surface area contributed by atoms with Gasteiger partial charge in [-0.15, -0.1) is 5.92 Å². The van der Waals surface area contributed by atoms with Crippen molar-refractivity contribution < 1.29 is 13.6 Å². The molecule has 0 saturated carbocycles. The minimum absolute atomic E-state index is 0.00213. The maximum Gasteiger partial charge on any atom is 0.280 e. The third kappa shape index (κ3) is 3.48. The highest BCUT2D eigenvalue weighted by Gasteiger charge is 2.49. The van der Waals surface area contributed by atoms with Gasteiger partial charge in [-0.25, -0.2) is 13.8 Å². The minimum atomic E-state index is -2.79. The van der Waals surface area contributed by atoms with E-state index < -0.39 is 23.6 Å². The van der Waals surface area contributed by atoms with E-state index in [-0.39, 0.29) is 11.5 Å². The number of hydrogen-bond donors (Lipinski definition) is 1. The highest BCUT2D eigenvalue weighted by molar-refractivity contribution is 6.09. The van der Waals surface area contributed by atoms with Crippen molar-refractivity contribution in [3.05, 3.63) is 83.4 Å². The average molecular weight is 431 g/mol. The van der Waals surface area contributed by atoms with Crippen molar-refractivity contribution in [2.45, 2.75) is 18.9 Å². The lowest BCUT2D eigenvalue weighted by Crippen LogP contribution is -2.41. The number of likely N-dealkylation sites (N-methyl/N-ethyl adjacent to an activating group) is 1. The number of aliphatic imine (C=N–C) groups is 1. The van der Waals surface area contributed by atoms with E-state index in [1.807, 2.05) is 12.1 Å². The first-order chi connectivity index (χ1) is 15.4. The van der Waals surface area contributed by atoms with Gasteiger partial charge in [0, 0.05) is 36.8 Å². The Morgan fingerprint density at radius 1 is 1.09 bits per heavy atom. The maximum atomic E-state index is 13.4. The summed E-state index contributed by atoms with van der Waals surface area (Å²) in [5.41, 5.74) is 7.01. The maximum absolute atomic E-state index is 13.4. The van der Waals surface area contributed by atoms with Crippen LogP contribution in [0.1, 0.15) is 35.7 Å². The zero-order valence-corrected chi connectivity index (χ0v) is 17.4. The Morgan fingerprint density at radius 3 is 2.56 bits per heavy atom. The summed E-state index contributed by atoms with van der Waals surface area (Å²) in [6.45, 7) is 1.74. The molecule has 0 aliphatic carbocycles. The van der Waals surface area contributed by atoms with Crippen molar-refractivity contribution in [2.24, 2.45) is 10.7 Å². The van der Waals surface area contributed by atoms with Crippen LogP contribution in [0.5, 0.6) is 0 Å². The number of aromatic nitrogens is 2. The number of nitrogens with zero attached hydrogens (tertiary/aromatic N) is 4. The van der Waals surface area contributed by atoms with E-state index in [0.717, 1.165) is 16.7 Å². The molecule has 1 aliphatic rings. The molecule has 2 N–H and O–H groups in total. The molecule has 4 rings (SSSR count). The molecule has 0 radical (unpaired) electrons. The third-order valence-electron chi connectivity index (χ3n) is 5.28. The summed E-state index contributed by atoms with van der Waals surface area (Å²) in [5.74, 6) is 5.36. The van der Waals surface area contributed by atoms with E-state index in [1.165, 1.54) is 30.3 Å². The highest BCUT2D eigenvalue weighted by atomic mass is 19.3. The van der Waals surface area contributed by atoms with E-state index in [2.05, 4.69) is 26.8 Å². The quantitative estimate of drug-likeness (QED) is 0.641. The Labute approximate surface area is 183 Å². The molecule has 160 valence electrons. The lowest BCUT2D eigenvalue weighted by Gasteiger charge is -2.26. The van der Waals surface area contributed by atoms with Crippen LogP contribution >= 0.6 is 0 Å². The summed E-state index contributed by atoms with van der Waals surface area (Å²) in [7, 11) is 1.50. The monoisotopic (exact) mass is 431 g/mol. The van der Waals surface area contributed by atoms with Crippen LogP contribution in [0.2, 0.25) is 0 Å². The predicted octanol–water partition coefficient (Wildman–Crippen LogP) is 3.48. The number of nitrogens with two attached hydrogens (primary N) is 1. The van der Waals surface area contributed by atoms with Gasteiger partial charge < -0.3 is 5.73 Å². The number of guanidine groups is 1. The zero-order valence-electron chi connectivity index (χ0n) is 17.4. The first kappa shape index (κ1) is 21.1. The van der Waals surface area contributed by atoms with Crippen LogP contribution in [-0.4, -0.2) is 33.8 Å². The molecule has 0 saturated heterocycles. The fourth-order valence-electron chi connectivity index (χ4n) is 3.71. The predicted molar refractivity (Wildman–Crippen MR) is 117 cm³/mol. The summed E-state index contributed by atoms with van der Waals surface area (Å²) in [4.78, 5) is 27.0. The van der Waals surface area contributed by atoms with Crippen LogP contribution in [0.15, 0.2) is 66.0 Å². The van der Waals surface area contributed by atoms with Crippen LogP contribution in [-0.2, 0) is 10.3 Å². The number of carbonyl (C=O) groups is 1. The molecule has 0 bridgehead atoms. The van der Waals surface area contributed by atoms with Gasteiger partial charge in [0.05, 0.1) is 0 Å². The topological polar surface area (TPSA) is 84.5 Å². The molecule has 3 heterocycles. The van der Waals surface area contributed by atoms with Crippen molar-refractivity contribution >= 4 is 11.9 Å². The van der Waals surface area contributed by atoms with Crippen LogP contribution in [0.3, 0.4) is 0 Å². The molecule has 8 heteroatoms. The van der Waals surface area contributed by atoms with Gasteiger partial charge in [-0.1, -0.05) is 24.1 Å². The number of pyridine rings is 2. The van der Waals surface area contributed by atoms with Crippen molar-refractivity contribution in [3.63, 3.8) is 0 Å². The van der Waals surface area contributed by atoms with Gasteiger partial charge in [-0.05, 0) is 47.9 Å². The minimum Gasteiger partial charge on any atom is -0.369 e.